The smallest absolute Gasteiger partial charge is 0.165 e. The van der Waals surface area contributed by atoms with Crippen LogP contribution < -0.4 is 4.74 Å². The van der Waals surface area contributed by atoms with Gasteiger partial charge in [-0.25, -0.2) is 4.39 Å². The lowest BCUT2D eigenvalue weighted by Gasteiger charge is -2.15. The first kappa shape index (κ1) is 11.5. The summed E-state index contributed by atoms with van der Waals surface area (Å²) in [5.74, 6) is -0.126. The molecule has 0 aromatic heterocycles. The van der Waals surface area contributed by atoms with E-state index in [0.717, 1.165) is 0 Å². The van der Waals surface area contributed by atoms with Crippen LogP contribution in [0.4, 0.5) is 4.39 Å². The molecule has 0 spiro atoms. The number of hydrogen-bond acceptors (Lipinski definition) is 2. The number of benzene rings is 1. The second-order valence-corrected chi connectivity index (χ2v) is 4.02. The number of rotatable bonds is 4. The van der Waals surface area contributed by atoms with E-state index >= 15 is 0 Å². The molecule has 1 aromatic carbocycles. The van der Waals surface area contributed by atoms with E-state index in [1.807, 2.05) is 13.8 Å². The average Bonchev–Trinajstić information content (AvgIpc) is 2.21. The molecule has 15 heavy (non-hydrogen) atoms. The molecule has 2 nitrogen and oxygen atoms in total. The van der Waals surface area contributed by atoms with Gasteiger partial charge in [0.15, 0.2) is 11.6 Å². The van der Waals surface area contributed by atoms with E-state index in [4.69, 9.17) is 10.00 Å². The largest absolute Gasteiger partial charge is 0.490 e. The topological polar surface area (TPSA) is 33.0 Å². The molecule has 0 heterocycles. The van der Waals surface area contributed by atoms with Gasteiger partial charge in [0.1, 0.15) is 0 Å². The summed E-state index contributed by atoms with van der Waals surface area (Å²) >= 11 is 0. The Morgan fingerprint density at radius 2 is 2.07 bits per heavy atom. The van der Waals surface area contributed by atoms with Crippen LogP contribution in [-0.2, 0) is 0 Å². The van der Waals surface area contributed by atoms with Crippen molar-refractivity contribution in [1.29, 1.82) is 5.26 Å². The van der Waals surface area contributed by atoms with Crippen molar-refractivity contribution in [3.05, 3.63) is 30.1 Å². The molecule has 80 valence electrons. The lowest BCUT2D eigenvalue weighted by Crippen LogP contribution is -2.13. The SMILES string of the molecule is CC(C)(C#N)CCOc1ccccc1F. The van der Waals surface area contributed by atoms with Gasteiger partial charge in [0.25, 0.3) is 0 Å². The van der Waals surface area contributed by atoms with Crippen molar-refractivity contribution in [3.63, 3.8) is 0 Å². The van der Waals surface area contributed by atoms with Crippen LogP contribution in [0.15, 0.2) is 24.3 Å². The molecule has 0 bridgehead atoms. The van der Waals surface area contributed by atoms with Crippen molar-refractivity contribution in [2.45, 2.75) is 20.3 Å². The van der Waals surface area contributed by atoms with Crippen molar-refractivity contribution >= 4 is 0 Å². The van der Waals surface area contributed by atoms with Crippen molar-refractivity contribution in [1.82, 2.24) is 0 Å². The van der Waals surface area contributed by atoms with E-state index < -0.39 is 5.41 Å². The molecule has 1 rings (SSSR count). The maximum atomic E-state index is 13.1. The molecule has 0 radical (unpaired) electrons. The minimum absolute atomic E-state index is 0.242. The molecule has 1 aromatic rings. The number of ether oxygens (including phenoxy) is 1. The molecule has 0 unspecified atom stereocenters. The molecule has 0 amide bonds. The minimum Gasteiger partial charge on any atom is -0.490 e. The summed E-state index contributed by atoms with van der Waals surface area (Å²) < 4.78 is 18.3. The first-order chi connectivity index (χ1) is 7.05. The lowest BCUT2D eigenvalue weighted by atomic mass is 9.92. The van der Waals surface area contributed by atoms with Gasteiger partial charge in [-0.2, -0.15) is 5.26 Å². The predicted octanol–water partition coefficient (Wildman–Crippen LogP) is 3.14. The molecule has 0 N–H and O–H groups in total. The second-order valence-electron chi connectivity index (χ2n) is 4.02. The quantitative estimate of drug-likeness (QED) is 0.759. The summed E-state index contributed by atoms with van der Waals surface area (Å²) in [6.45, 7) is 4.01. The molecule has 0 fully saturated rings. The van der Waals surface area contributed by atoms with Crippen molar-refractivity contribution in [2.75, 3.05) is 6.61 Å². The Morgan fingerprint density at radius 3 is 2.67 bits per heavy atom. The minimum atomic E-state index is -0.425. The third kappa shape index (κ3) is 3.59. The summed E-state index contributed by atoms with van der Waals surface area (Å²) in [5, 5.41) is 8.77. The Bertz CT molecular complexity index is 368. The molecule has 0 saturated heterocycles. The maximum absolute atomic E-state index is 13.1. The van der Waals surface area contributed by atoms with Crippen molar-refractivity contribution < 1.29 is 9.13 Å². The molecule has 0 saturated carbocycles. The van der Waals surface area contributed by atoms with Gasteiger partial charge < -0.3 is 4.74 Å². The van der Waals surface area contributed by atoms with Crippen LogP contribution in [-0.4, -0.2) is 6.61 Å². The highest BCUT2D eigenvalue weighted by Gasteiger charge is 2.16. The van der Waals surface area contributed by atoms with Gasteiger partial charge in [0, 0.05) is 0 Å². The number of hydrogen-bond donors (Lipinski definition) is 0. The molecule has 0 atom stereocenters. The van der Waals surface area contributed by atoms with Gasteiger partial charge >= 0.3 is 0 Å². The Balaban J connectivity index is 2.46. The summed E-state index contributed by atoms with van der Waals surface area (Å²) in [7, 11) is 0. The molecule has 0 aliphatic carbocycles. The number of nitriles is 1. The third-order valence-electron chi connectivity index (χ3n) is 2.12. The number of nitrogens with zero attached hydrogens (tertiary/aromatic N) is 1. The van der Waals surface area contributed by atoms with Gasteiger partial charge in [-0.1, -0.05) is 12.1 Å². The van der Waals surface area contributed by atoms with Crippen LogP contribution in [0.1, 0.15) is 20.3 Å². The zero-order valence-electron chi connectivity index (χ0n) is 8.96. The molecular weight excluding hydrogens is 193 g/mol. The highest BCUT2D eigenvalue weighted by molar-refractivity contribution is 5.23. The first-order valence-corrected chi connectivity index (χ1v) is 4.84. The highest BCUT2D eigenvalue weighted by atomic mass is 19.1. The van der Waals surface area contributed by atoms with Crippen LogP contribution in [0.2, 0.25) is 0 Å². The third-order valence-corrected chi connectivity index (χ3v) is 2.12. The summed E-state index contributed by atoms with van der Waals surface area (Å²) in [6, 6.07) is 8.43. The predicted molar refractivity (Wildman–Crippen MR) is 55.9 cm³/mol. The summed E-state index contributed by atoms with van der Waals surface area (Å²) in [6.07, 6.45) is 0.581. The Labute approximate surface area is 89.3 Å². The molecule has 0 aliphatic heterocycles. The molecule has 0 aliphatic rings. The van der Waals surface area contributed by atoms with E-state index in [2.05, 4.69) is 6.07 Å². The highest BCUT2D eigenvalue weighted by Crippen LogP contribution is 2.20. The summed E-state index contributed by atoms with van der Waals surface area (Å²) in [4.78, 5) is 0. The average molecular weight is 207 g/mol. The number of halogens is 1. The Kier molecular flexibility index (Phi) is 3.68. The fourth-order valence-electron chi connectivity index (χ4n) is 1.03. The van der Waals surface area contributed by atoms with Crippen molar-refractivity contribution in [2.24, 2.45) is 5.41 Å². The van der Waals surface area contributed by atoms with Crippen LogP contribution in [0.5, 0.6) is 5.75 Å². The second kappa shape index (κ2) is 4.79. The van der Waals surface area contributed by atoms with E-state index in [9.17, 15) is 4.39 Å². The standard InChI is InChI=1S/C12H14FNO/c1-12(2,9-14)7-8-15-11-6-4-3-5-10(11)13/h3-6H,7-8H2,1-2H3. The normalized spacial score (nSPS) is 10.8. The van der Waals surface area contributed by atoms with Crippen molar-refractivity contribution in [3.8, 4) is 11.8 Å². The zero-order valence-corrected chi connectivity index (χ0v) is 8.96. The van der Waals surface area contributed by atoms with Gasteiger partial charge in [0.2, 0.25) is 0 Å². The molecule has 3 heteroatoms. The van der Waals surface area contributed by atoms with E-state index in [1.165, 1.54) is 6.07 Å². The maximum Gasteiger partial charge on any atom is 0.165 e. The summed E-state index contributed by atoms with van der Waals surface area (Å²) in [5.41, 5.74) is -0.425. The Hall–Kier alpha value is -1.56. The van der Waals surface area contributed by atoms with Crippen LogP contribution in [0, 0.1) is 22.6 Å². The van der Waals surface area contributed by atoms with E-state index in [0.29, 0.717) is 13.0 Å². The van der Waals surface area contributed by atoms with E-state index in [1.54, 1.807) is 18.2 Å². The number of para-hydroxylation sites is 1. The van der Waals surface area contributed by atoms with Gasteiger partial charge in [-0.05, 0) is 32.4 Å². The van der Waals surface area contributed by atoms with Gasteiger partial charge in [0.05, 0.1) is 18.1 Å². The van der Waals surface area contributed by atoms with E-state index in [-0.39, 0.29) is 11.6 Å². The Morgan fingerprint density at radius 1 is 1.40 bits per heavy atom. The molecular formula is C12H14FNO. The zero-order chi connectivity index (χ0) is 11.3. The first-order valence-electron chi connectivity index (χ1n) is 4.84. The lowest BCUT2D eigenvalue weighted by molar-refractivity contribution is 0.254. The fraction of sp³-hybridized carbons (Fsp3) is 0.417. The van der Waals surface area contributed by atoms with Crippen LogP contribution in [0.3, 0.4) is 0 Å². The van der Waals surface area contributed by atoms with Crippen LogP contribution in [0.25, 0.3) is 0 Å². The van der Waals surface area contributed by atoms with Crippen LogP contribution >= 0.6 is 0 Å². The van der Waals surface area contributed by atoms with Gasteiger partial charge in [-0.15, -0.1) is 0 Å². The monoisotopic (exact) mass is 207 g/mol. The fourth-order valence-corrected chi connectivity index (χ4v) is 1.03. The van der Waals surface area contributed by atoms with Gasteiger partial charge in [-0.3, -0.25) is 0 Å².